The minimum atomic E-state index is -0.508. The van der Waals surface area contributed by atoms with E-state index in [9.17, 15) is 14.4 Å². The zero-order chi connectivity index (χ0) is 23.3. The molecule has 0 aliphatic carbocycles. The lowest BCUT2D eigenvalue weighted by atomic mass is 10.1. The number of nitrogens with zero attached hydrogens (tertiary/aromatic N) is 1. The van der Waals surface area contributed by atoms with Crippen LogP contribution in [0.4, 0.5) is 5.69 Å². The molecule has 0 aliphatic heterocycles. The van der Waals surface area contributed by atoms with Crippen LogP contribution in [0.1, 0.15) is 27.3 Å². The molecule has 2 amide bonds. The molecule has 3 aromatic rings. The summed E-state index contributed by atoms with van der Waals surface area (Å²) >= 11 is 5.98. The Morgan fingerprint density at radius 3 is 2.28 bits per heavy atom. The lowest BCUT2D eigenvalue weighted by molar-refractivity contribution is -0.141. The summed E-state index contributed by atoms with van der Waals surface area (Å²) < 4.78 is 6.49. The average molecular weight is 454 g/mol. The average Bonchev–Trinajstić information content (AvgIpc) is 3.08. The number of hydrogen-bond acceptors (Lipinski definition) is 4. The van der Waals surface area contributed by atoms with Crippen molar-refractivity contribution in [1.29, 1.82) is 0 Å². The molecule has 8 heteroatoms. The van der Waals surface area contributed by atoms with E-state index in [1.54, 1.807) is 24.3 Å². The second kappa shape index (κ2) is 10.2. The van der Waals surface area contributed by atoms with Gasteiger partial charge in [-0.25, -0.2) is 0 Å². The van der Waals surface area contributed by atoms with E-state index in [4.69, 9.17) is 11.6 Å². The fraction of sp³-hybridized carbons (Fsp3) is 0.208. The topological polar surface area (TPSA) is 89.4 Å². The summed E-state index contributed by atoms with van der Waals surface area (Å²) in [4.78, 5) is 35.9. The lowest BCUT2D eigenvalue weighted by Crippen LogP contribution is -2.31. The summed E-state index contributed by atoms with van der Waals surface area (Å²) in [7, 11) is 1.26. The molecule has 2 aromatic carbocycles. The number of amides is 2. The van der Waals surface area contributed by atoms with Crippen molar-refractivity contribution >= 4 is 35.1 Å². The third kappa shape index (κ3) is 5.56. The molecule has 1 aromatic heterocycles. The molecule has 2 N–H and O–H groups in total. The number of halogens is 1. The first-order valence-corrected chi connectivity index (χ1v) is 10.3. The predicted molar refractivity (Wildman–Crippen MR) is 123 cm³/mol. The number of aryl methyl sites for hydroxylation is 1. The van der Waals surface area contributed by atoms with Gasteiger partial charge in [-0.05, 0) is 61.9 Å². The first kappa shape index (κ1) is 23.1. The number of esters is 1. The summed E-state index contributed by atoms with van der Waals surface area (Å²) in [6.45, 7) is 3.67. The minimum Gasteiger partial charge on any atom is -0.468 e. The maximum absolute atomic E-state index is 12.9. The summed E-state index contributed by atoms with van der Waals surface area (Å²) in [5, 5.41) is 6.03. The summed E-state index contributed by atoms with van der Waals surface area (Å²) in [5.74, 6) is -1.02. The molecular formula is C24H24ClN3O4. The molecule has 0 saturated heterocycles. The van der Waals surface area contributed by atoms with Crippen molar-refractivity contribution in [2.75, 3.05) is 19.0 Å². The van der Waals surface area contributed by atoms with Crippen LogP contribution in [0.3, 0.4) is 0 Å². The van der Waals surface area contributed by atoms with Crippen LogP contribution in [0, 0.1) is 13.8 Å². The fourth-order valence-electron chi connectivity index (χ4n) is 3.38. The molecule has 0 bridgehead atoms. The van der Waals surface area contributed by atoms with Gasteiger partial charge in [-0.3, -0.25) is 14.4 Å². The largest absolute Gasteiger partial charge is 0.468 e. The Morgan fingerprint density at radius 1 is 1.00 bits per heavy atom. The molecule has 0 unspecified atom stereocenters. The number of carbonyl (C=O) groups is 3. The van der Waals surface area contributed by atoms with Gasteiger partial charge in [-0.15, -0.1) is 0 Å². The number of methoxy groups -OCH3 is 1. The van der Waals surface area contributed by atoms with Crippen molar-refractivity contribution in [3.63, 3.8) is 0 Å². The summed E-state index contributed by atoms with van der Waals surface area (Å²) in [6, 6.07) is 16.3. The van der Waals surface area contributed by atoms with E-state index in [2.05, 4.69) is 15.4 Å². The van der Waals surface area contributed by atoms with Crippen LogP contribution in [0.25, 0.3) is 5.69 Å². The highest BCUT2D eigenvalue weighted by molar-refractivity contribution is 6.30. The molecule has 0 aliphatic rings. The Kier molecular flexibility index (Phi) is 7.33. The molecule has 0 spiro atoms. The SMILES string of the molecule is COC(=O)CNC(=O)Cc1ccc(NC(=O)c2cc(C)n(-c3ccc(Cl)cc3)c2C)cc1. The fourth-order valence-corrected chi connectivity index (χ4v) is 3.50. The number of benzene rings is 2. The first-order chi connectivity index (χ1) is 15.3. The first-order valence-electron chi connectivity index (χ1n) is 9.97. The molecule has 3 rings (SSSR count). The molecular weight excluding hydrogens is 430 g/mol. The second-order valence-corrected chi connectivity index (χ2v) is 7.71. The highest BCUT2D eigenvalue weighted by Gasteiger charge is 2.17. The maximum atomic E-state index is 12.9. The molecule has 1 heterocycles. The van der Waals surface area contributed by atoms with Crippen molar-refractivity contribution in [3.8, 4) is 5.69 Å². The molecule has 0 atom stereocenters. The predicted octanol–water partition coefficient (Wildman–Crippen LogP) is 3.83. The van der Waals surface area contributed by atoms with E-state index in [0.29, 0.717) is 16.3 Å². The van der Waals surface area contributed by atoms with Crippen molar-refractivity contribution < 1.29 is 19.1 Å². The van der Waals surface area contributed by atoms with E-state index < -0.39 is 5.97 Å². The highest BCUT2D eigenvalue weighted by Crippen LogP contribution is 2.23. The third-order valence-corrected chi connectivity index (χ3v) is 5.25. The van der Waals surface area contributed by atoms with E-state index in [0.717, 1.165) is 22.6 Å². The van der Waals surface area contributed by atoms with Gasteiger partial charge in [0.05, 0.1) is 19.1 Å². The Hall–Kier alpha value is -3.58. The number of carbonyl (C=O) groups excluding carboxylic acids is 3. The van der Waals surface area contributed by atoms with E-state index >= 15 is 0 Å². The third-order valence-electron chi connectivity index (χ3n) is 4.99. The molecule has 166 valence electrons. The van der Waals surface area contributed by atoms with Gasteiger partial charge in [0.25, 0.3) is 5.91 Å². The van der Waals surface area contributed by atoms with Gasteiger partial charge < -0.3 is 19.9 Å². The molecule has 0 fully saturated rings. The number of nitrogens with one attached hydrogen (secondary N) is 2. The number of rotatable bonds is 7. The number of aromatic nitrogens is 1. The van der Waals surface area contributed by atoms with Crippen molar-refractivity contribution in [1.82, 2.24) is 9.88 Å². The van der Waals surface area contributed by atoms with E-state index in [1.807, 2.05) is 48.7 Å². The van der Waals surface area contributed by atoms with Crippen LogP contribution in [0.2, 0.25) is 5.02 Å². The molecule has 7 nitrogen and oxygen atoms in total. The standard InChI is InChI=1S/C24H24ClN3O4/c1-15-12-21(16(2)28(15)20-10-6-18(25)7-11-20)24(31)27-19-8-4-17(5-9-19)13-22(29)26-14-23(30)32-3/h4-12H,13-14H2,1-3H3,(H,26,29)(H,27,31). The minimum absolute atomic E-state index is 0.119. The zero-order valence-electron chi connectivity index (χ0n) is 18.1. The maximum Gasteiger partial charge on any atom is 0.325 e. The van der Waals surface area contributed by atoms with Gasteiger partial charge >= 0.3 is 5.97 Å². The van der Waals surface area contributed by atoms with Crippen LogP contribution < -0.4 is 10.6 Å². The number of anilines is 1. The second-order valence-electron chi connectivity index (χ2n) is 7.28. The Labute approximate surface area is 191 Å². The van der Waals surface area contributed by atoms with Crippen LogP contribution >= 0.6 is 11.6 Å². The normalized spacial score (nSPS) is 10.5. The molecule has 32 heavy (non-hydrogen) atoms. The quantitative estimate of drug-likeness (QED) is 0.532. The van der Waals surface area contributed by atoms with Crippen molar-refractivity contribution in [2.24, 2.45) is 0 Å². The van der Waals surface area contributed by atoms with Crippen LogP contribution in [0.15, 0.2) is 54.6 Å². The summed E-state index contributed by atoms with van der Waals surface area (Å²) in [5.41, 5.74) is 4.63. The number of ether oxygens (including phenoxy) is 1. The zero-order valence-corrected chi connectivity index (χ0v) is 18.8. The Balaban J connectivity index is 1.66. The van der Waals surface area contributed by atoms with Gasteiger partial charge in [-0.1, -0.05) is 23.7 Å². The Morgan fingerprint density at radius 2 is 1.66 bits per heavy atom. The van der Waals surface area contributed by atoms with Crippen LogP contribution in [0.5, 0.6) is 0 Å². The van der Waals surface area contributed by atoms with Gasteiger partial charge in [0.2, 0.25) is 5.91 Å². The molecule has 0 radical (unpaired) electrons. The Bertz CT molecular complexity index is 1140. The van der Waals surface area contributed by atoms with Gasteiger partial charge in [0.15, 0.2) is 0 Å². The van der Waals surface area contributed by atoms with Gasteiger partial charge in [-0.2, -0.15) is 0 Å². The van der Waals surface area contributed by atoms with Crippen LogP contribution in [-0.2, 0) is 20.7 Å². The molecule has 0 saturated carbocycles. The van der Waals surface area contributed by atoms with E-state index in [-0.39, 0.29) is 24.8 Å². The lowest BCUT2D eigenvalue weighted by Gasteiger charge is -2.10. The highest BCUT2D eigenvalue weighted by atomic mass is 35.5. The van der Waals surface area contributed by atoms with Crippen molar-refractivity contribution in [3.05, 3.63) is 82.1 Å². The number of hydrogen-bond donors (Lipinski definition) is 2. The van der Waals surface area contributed by atoms with E-state index in [1.165, 1.54) is 7.11 Å². The van der Waals surface area contributed by atoms with Crippen molar-refractivity contribution in [2.45, 2.75) is 20.3 Å². The smallest absolute Gasteiger partial charge is 0.325 e. The van der Waals surface area contributed by atoms with Gasteiger partial charge in [0.1, 0.15) is 6.54 Å². The monoisotopic (exact) mass is 453 g/mol. The van der Waals surface area contributed by atoms with Gasteiger partial charge in [0, 0.05) is 27.8 Å². The summed E-state index contributed by atoms with van der Waals surface area (Å²) in [6.07, 6.45) is 0.119. The van der Waals surface area contributed by atoms with Crippen LogP contribution in [-0.4, -0.2) is 36.0 Å².